The first-order valence-corrected chi connectivity index (χ1v) is 14.2. The zero-order valence-electron chi connectivity index (χ0n) is 22.4. The molecule has 0 radical (unpaired) electrons. The summed E-state index contributed by atoms with van der Waals surface area (Å²) >= 11 is 0. The Balaban J connectivity index is 1.05. The van der Waals surface area contributed by atoms with E-state index in [-0.39, 0.29) is 0 Å². The molecular formula is C29H53N3. The van der Waals surface area contributed by atoms with Gasteiger partial charge in [-0.15, -0.1) is 0 Å². The Hall–Kier alpha value is -0.120. The first kappa shape index (κ1) is 23.6. The van der Waals surface area contributed by atoms with Gasteiger partial charge in [-0.3, -0.25) is 9.80 Å². The maximum absolute atomic E-state index is 2.91. The van der Waals surface area contributed by atoms with Crippen LogP contribution in [0.3, 0.4) is 0 Å². The van der Waals surface area contributed by atoms with Gasteiger partial charge in [0, 0.05) is 24.2 Å². The van der Waals surface area contributed by atoms with E-state index in [4.69, 9.17) is 0 Å². The van der Waals surface area contributed by atoms with Crippen molar-refractivity contribution in [3.8, 4) is 0 Å². The fraction of sp³-hybridized carbons (Fsp3) is 1.00. The number of hydrogen-bond acceptors (Lipinski definition) is 3. The lowest BCUT2D eigenvalue weighted by atomic mass is 9.51. The molecule has 3 heteroatoms. The minimum atomic E-state index is 0.330. The van der Waals surface area contributed by atoms with Gasteiger partial charge in [0.15, 0.2) is 0 Å². The number of piperidine rings is 3. The Morgan fingerprint density at radius 1 is 0.625 bits per heavy atom. The van der Waals surface area contributed by atoms with Gasteiger partial charge in [0.05, 0.1) is 0 Å². The molecule has 0 aromatic carbocycles. The quantitative estimate of drug-likeness (QED) is 0.516. The van der Waals surface area contributed by atoms with Gasteiger partial charge in [-0.2, -0.15) is 0 Å². The predicted molar refractivity (Wildman–Crippen MR) is 136 cm³/mol. The van der Waals surface area contributed by atoms with Crippen LogP contribution in [-0.4, -0.2) is 71.6 Å². The summed E-state index contributed by atoms with van der Waals surface area (Å²) in [5, 5.41) is 0. The molecule has 1 atom stereocenters. The summed E-state index contributed by atoms with van der Waals surface area (Å²) in [5.74, 6) is 0.978. The van der Waals surface area contributed by atoms with Crippen molar-refractivity contribution in [3.63, 3.8) is 0 Å². The third-order valence-corrected chi connectivity index (χ3v) is 11.0. The van der Waals surface area contributed by atoms with Crippen molar-refractivity contribution in [2.75, 3.05) is 39.3 Å². The second kappa shape index (κ2) is 8.23. The van der Waals surface area contributed by atoms with E-state index < -0.39 is 0 Å². The van der Waals surface area contributed by atoms with Gasteiger partial charge >= 0.3 is 0 Å². The smallest absolute Gasteiger partial charge is 0.0223 e. The highest BCUT2D eigenvalue weighted by Gasteiger charge is 2.53. The van der Waals surface area contributed by atoms with Crippen LogP contribution in [0.25, 0.3) is 0 Å². The van der Waals surface area contributed by atoms with Crippen molar-refractivity contribution in [1.29, 1.82) is 0 Å². The summed E-state index contributed by atoms with van der Waals surface area (Å²) in [7, 11) is 0. The molecule has 2 spiro atoms. The molecule has 0 bridgehead atoms. The molecule has 0 N–H and O–H groups in total. The van der Waals surface area contributed by atoms with Crippen LogP contribution >= 0.6 is 0 Å². The van der Waals surface area contributed by atoms with E-state index in [1.165, 1.54) is 103 Å². The van der Waals surface area contributed by atoms with E-state index in [9.17, 15) is 0 Å². The van der Waals surface area contributed by atoms with Gasteiger partial charge in [-0.05, 0) is 140 Å². The van der Waals surface area contributed by atoms with Crippen molar-refractivity contribution in [2.45, 2.75) is 123 Å². The SMILES string of the molecule is CC(C)(C)C1CC2(CCN(C3CC4(CCN(C5CCCN(C(C)(C)C)C5)CC4)C3)CC2)C1. The monoisotopic (exact) mass is 443 g/mol. The molecule has 2 aliphatic carbocycles. The van der Waals surface area contributed by atoms with Crippen LogP contribution in [-0.2, 0) is 0 Å². The standard InChI is InChI=1S/C29H53N3/c1-26(2,3)23-18-28(19-23)9-16-31(17-10-28)25-20-29(21-25)11-14-30(15-12-29)24-8-7-13-32(22-24)27(4,5)6/h23-25H,7-22H2,1-6H3. The molecule has 0 amide bonds. The number of likely N-dealkylation sites (tertiary alicyclic amines) is 3. The van der Waals surface area contributed by atoms with Crippen molar-refractivity contribution < 1.29 is 0 Å². The van der Waals surface area contributed by atoms with Gasteiger partial charge < -0.3 is 4.90 Å². The fourth-order valence-corrected chi connectivity index (χ4v) is 8.20. The maximum Gasteiger partial charge on any atom is 0.0223 e. The highest BCUT2D eigenvalue weighted by atomic mass is 15.3. The van der Waals surface area contributed by atoms with Gasteiger partial charge in [0.1, 0.15) is 0 Å². The third kappa shape index (κ3) is 4.57. The minimum Gasteiger partial charge on any atom is -0.300 e. The average molecular weight is 444 g/mol. The highest BCUT2D eigenvalue weighted by Crippen LogP contribution is 2.59. The van der Waals surface area contributed by atoms with Crippen molar-refractivity contribution >= 4 is 0 Å². The Labute approximate surface area is 199 Å². The Kier molecular flexibility index (Phi) is 6.07. The second-order valence-electron chi connectivity index (χ2n) is 15.0. The molecule has 2 saturated carbocycles. The van der Waals surface area contributed by atoms with Crippen molar-refractivity contribution in [3.05, 3.63) is 0 Å². The van der Waals surface area contributed by atoms with Crippen LogP contribution in [0.15, 0.2) is 0 Å². The normalized spacial score (nSPS) is 35.1. The summed E-state index contributed by atoms with van der Waals surface area (Å²) in [6.45, 7) is 22.7. The second-order valence-corrected chi connectivity index (χ2v) is 15.0. The number of rotatable bonds is 2. The zero-order valence-corrected chi connectivity index (χ0v) is 22.4. The van der Waals surface area contributed by atoms with E-state index in [0.717, 1.165) is 23.4 Å². The summed E-state index contributed by atoms with van der Waals surface area (Å²) < 4.78 is 0. The van der Waals surface area contributed by atoms with Crippen molar-refractivity contribution in [1.82, 2.24) is 14.7 Å². The Morgan fingerprint density at radius 3 is 1.62 bits per heavy atom. The summed E-state index contributed by atoms with van der Waals surface area (Å²) in [6, 6.07) is 1.73. The number of hydrogen-bond donors (Lipinski definition) is 0. The molecule has 5 rings (SSSR count). The summed E-state index contributed by atoms with van der Waals surface area (Å²) in [5.41, 5.74) is 2.31. The zero-order chi connectivity index (χ0) is 22.8. The third-order valence-electron chi connectivity index (χ3n) is 11.0. The molecule has 5 aliphatic rings. The lowest BCUT2D eigenvalue weighted by molar-refractivity contribution is -0.0990. The molecular weight excluding hydrogens is 390 g/mol. The molecule has 3 nitrogen and oxygen atoms in total. The Morgan fingerprint density at radius 2 is 1.12 bits per heavy atom. The van der Waals surface area contributed by atoms with Gasteiger partial charge in [-0.1, -0.05) is 20.8 Å². The van der Waals surface area contributed by atoms with E-state index >= 15 is 0 Å². The molecule has 3 saturated heterocycles. The number of nitrogens with zero attached hydrogens (tertiary/aromatic N) is 3. The van der Waals surface area contributed by atoms with Crippen LogP contribution in [0.4, 0.5) is 0 Å². The van der Waals surface area contributed by atoms with Crippen LogP contribution in [0, 0.1) is 22.2 Å². The van der Waals surface area contributed by atoms with E-state index in [2.05, 4.69) is 56.2 Å². The largest absolute Gasteiger partial charge is 0.300 e. The molecule has 3 aliphatic heterocycles. The molecule has 184 valence electrons. The summed E-state index contributed by atoms with van der Waals surface area (Å²) in [6.07, 6.45) is 14.8. The predicted octanol–water partition coefficient (Wildman–Crippen LogP) is 6.03. The molecule has 0 aromatic rings. The minimum absolute atomic E-state index is 0.330. The van der Waals surface area contributed by atoms with Gasteiger partial charge in [0.2, 0.25) is 0 Å². The lowest BCUT2D eigenvalue weighted by Gasteiger charge is -2.60. The maximum atomic E-state index is 2.91. The van der Waals surface area contributed by atoms with Crippen LogP contribution in [0.1, 0.15) is 106 Å². The topological polar surface area (TPSA) is 9.72 Å². The van der Waals surface area contributed by atoms with Gasteiger partial charge in [-0.25, -0.2) is 0 Å². The van der Waals surface area contributed by atoms with E-state index in [1.54, 1.807) is 0 Å². The van der Waals surface area contributed by atoms with Gasteiger partial charge in [0.25, 0.3) is 0 Å². The first-order valence-electron chi connectivity index (χ1n) is 14.2. The molecule has 1 unspecified atom stereocenters. The van der Waals surface area contributed by atoms with Crippen LogP contribution in [0.2, 0.25) is 0 Å². The molecule has 3 heterocycles. The van der Waals surface area contributed by atoms with E-state index in [0.29, 0.717) is 16.4 Å². The van der Waals surface area contributed by atoms with Crippen LogP contribution in [0.5, 0.6) is 0 Å². The fourth-order valence-electron chi connectivity index (χ4n) is 8.20. The van der Waals surface area contributed by atoms with Crippen molar-refractivity contribution in [2.24, 2.45) is 22.2 Å². The highest BCUT2D eigenvalue weighted by molar-refractivity contribution is 5.05. The van der Waals surface area contributed by atoms with E-state index in [1.807, 2.05) is 0 Å². The summed E-state index contributed by atoms with van der Waals surface area (Å²) in [4.78, 5) is 8.53. The van der Waals surface area contributed by atoms with Crippen LogP contribution < -0.4 is 0 Å². The molecule has 0 aromatic heterocycles. The first-order chi connectivity index (χ1) is 15.0. The lowest BCUT2D eigenvalue weighted by Crippen LogP contribution is -2.60. The Bertz CT molecular complexity index is 639. The molecule has 32 heavy (non-hydrogen) atoms. The average Bonchev–Trinajstić information content (AvgIpc) is 2.69. The molecule has 5 fully saturated rings.